The molecular weight excluding hydrogens is 534 g/mol. The van der Waals surface area contributed by atoms with Crippen LogP contribution in [-0.4, -0.2) is 12.5 Å². The van der Waals surface area contributed by atoms with Crippen LogP contribution in [0.1, 0.15) is 23.6 Å². The fourth-order valence-electron chi connectivity index (χ4n) is 3.03. The maximum absolute atomic E-state index is 13.1. The molecular formula is C26H22FIN2O3. The van der Waals surface area contributed by atoms with Gasteiger partial charge in [0, 0.05) is 5.69 Å². The highest BCUT2D eigenvalue weighted by Gasteiger charge is 2.15. The second kappa shape index (κ2) is 11.5. The van der Waals surface area contributed by atoms with Gasteiger partial charge in [0.2, 0.25) is 0 Å². The van der Waals surface area contributed by atoms with Crippen molar-refractivity contribution in [2.45, 2.75) is 20.5 Å². The Labute approximate surface area is 206 Å². The third-order valence-corrected chi connectivity index (χ3v) is 5.50. The number of benzene rings is 3. The van der Waals surface area contributed by atoms with Crippen LogP contribution in [0.15, 0.2) is 66.2 Å². The van der Waals surface area contributed by atoms with E-state index in [0.717, 1.165) is 14.7 Å². The molecule has 0 saturated carbocycles. The summed E-state index contributed by atoms with van der Waals surface area (Å²) in [5, 5.41) is 12.3. The molecule has 0 heterocycles. The van der Waals surface area contributed by atoms with Gasteiger partial charge < -0.3 is 14.8 Å². The van der Waals surface area contributed by atoms with Crippen molar-refractivity contribution in [2.24, 2.45) is 0 Å². The van der Waals surface area contributed by atoms with Gasteiger partial charge in [-0.2, -0.15) is 5.26 Å². The van der Waals surface area contributed by atoms with Crippen LogP contribution in [0, 0.1) is 27.6 Å². The van der Waals surface area contributed by atoms with Crippen molar-refractivity contribution in [1.82, 2.24) is 0 Å². The summed E-state index contributed by atoms with van der Waals surface area (Å²) in [6.45, 7) is 4.39. The van der Waals surface area contributed by atoms with Gasteiger partial charge in [0.05, 0.1) is 10.2 Å². The van der Waals surface area contributed by atoms with E-state index in [2.05, 4.69) is 27.9 Å². The number of hydrogen-bond acceptors (Lipinski definition) is 4. The lowest BCUT2D eigenvalue weighted by molar-refractivity contribution is -0.112. The van der Waals surface area contributed by atoms with Crippen LogP contribution < -0.4 is 14.8 Å². The van der Waals surface area contributed by atoms with Gasteiger partial charge in [-0.15, -0.1) is 0 Å². The first-order valence-corrected chi connectivity index (χ1v) is 11.3. The molecule has 3 aromatic carbocycles. The number of hydrogen-bond donors (Lipinski definition) is 1. The van der Waals surface area contributed by atoms with Crippen LogP contribution in [0.4, 0.5) is 10.1 Å². The molecule has 3 rings (SSSR count). The van der Waals surface area contributed by atoms with Crippen molar-refractivity contribution in [3.05, 3.63) is 92.3 Å². The summed E-state index contributed by atoms with van der Waals surface area (Å²) in [6, 6.07) is 18.9. The number of para-hydroxylation sites is 1. The molecule has 0 saturated heterocycles. The molecule has 0 atom stereocenters. The van der Waals surface area contributed by atoms with Crippen LogP contribution in [0.3, 0.4) is 0 Å². The fourth-order valence-corrected chi connectivity index (χ4v) is 3.81. The topological polar surface area (TPSA) is 71.3 Å². The summed E-state index contributed by atoms with van der Waals surface area (Å²) in [7, 11) is 0. The van der Waals surface area contributed by atoms with Crippen molar-refractivity contribution < 1.29 is 18.7 Å². The molecule has 1 N–H and O–H groups in total. The highest BCUT2D eigenvalue weighted by molar-refractivity contribution is 14.1. The third-order valence-electron chi connectivity index (χ3n) is 4.70. The summed E-state index contributed by atoms with van der Waals surface area (Å²) in [5.41, 5.74) is 2.97. The van der Waals surface area contributed by atoms with Gasteiger partial charge in [-0.3, -0.25) is 4.79 Å². The monoisotopic (exact) mass is 556 g/mol. The lowest BCUT2D eigenvalue weighted by atomic mass is 10.1. The number of aryl methyl sites for hydroxylation is 1. The molecule has 0 aliphatic carbocycles. The van der Waals surface area contributed by atoms with E-state index in [9.17, 15) is 14.4 Å². The van der Waals surface area contributed by atoms with Gasteiger partial charge in [0.25, 0.3) is 5.91 Å². The quantitative estimate of drug-likeness (QED) is 0.202. The molecule has 0 aliphatic rings. The largest absolute Gasteiger partial charge is 0.490 e. The van der Waals surface area contributed by atoms with E-state index in [1.807, 2.05) is 44.2 Å². The van der Waals surface area contributed by atoms with Gasteiger partial charge in [0.1, 0.15) is 24.1 Å². The van der Waals surface area contributed by atoms with E-state index in [0.29, 0.717) is 29.4 Å². The van der Waals surface area contributed by atoms with E-state index in [1.165, 1.54) is 18.2 Å². The number of amides is 1. The van der Waals surface area contributed by atoms with Crippen LogP contribution >= 0.6 is 22.6 Å². The Morgan fingerprint density at radius 2 is 1.88 bits per heavy atom. The predicted molar refractivity (Wildman–Crippen MR) is 134 cm³/mol. The van der Waals surface area contributed by atoms with Gasteiger partial charge >= 0.3 is 0 Å². The smallest absolute Gasteiger partial charge is 0.266 e. The first kappa shape index (κ1) is 24.3. The van der Waals surface area contributed by atoms with Gasteiger partial charge in [-0.05, 0) is 89.5 Å². The minimum Gasteiger partial charge on any atom is -0.490 e. The Balaban J connectivity index is 1.85. The minimum atomic E-state index is -0.489. The maximum Gasteiger partial charge on any atom is 0.266 e. The minimum absolute atomic E-state index is 0.0310. The lowest BCUT2D eigenvalue weighted by Gasteiger charge is -2.15. The Morgan fingerprint density at radius 3 is 2.55 bits per heavy atom. The molecule has 0 spiro atoms. The third kappa shape index (κ3) is 6.56. The molecule has 5 nitrogen and oxygen atoms in total. The first-order chi connectivity index (χ1) is 15.9. The number of nitriles is 1. The predicted octanol–water partition coefficient (Wildman–Crippen LogP) is 6.26. The molecule has 0 unspecified atom stereocenters. The molecule has 7 heteroatoms. The molecule has 0 aromatic heterocycles. The van der Waals surface area contributed by atoms with Crippen LogP contribution in [0.2, 0.25) is 0 Å². The molecule has 0 bridgehead atoms. The summed E-state index contributed by atoms with van der Waals surface area (Å²) in [6.07, 6.45) is 1.52. The number of rotatable bonds is 8. The summed E-state index contributed by atoms with van der Waals surface area (Å²) in [4.78, 5) is 12.7. The normalized spacial score (nSPS) is 10.9. The van der Waals surface area contributed by atoms with Crippen LogP contribution in [0.25, 0.3) is 6.08 Å². The van der Waals surface area contributed by atoms with Crippen molar-refractivity contribution in [2.75, 3.05) is 11.9 Å². The Bertz CT molecular complexity index is 1220. The number of nitrogens with one attached hydrogen (secondary N) is 1. The van der Waals surface area contributed by atoms with Gasteiger partial charge in [0.15, 0.2) is 11.5 Å². The average molecular weight is 556 g/mol. The number of carbonyl (C=O) groups is 1. The molecule has 33 heavy (non-hydrogen) atoms. The van der Waals surface area contributed by atoms with E-state index < -0.39 is 5.91 Å². The van der Waals surface area contributed by atoms with E-state index >= 15 is 0 Å². The van der Waals surface area contributed by atoms with Gasteiger partial charge in [-0.25, -0.2) is 4.39 Å². The Kier molecular flexibility index (Phi) is 8.44. The summed E-state index contributed by atoms with van der Waals surface area (Å²) >= 11 is 2.12. The second-order valence-electron chi connectivity index (χ2n) is 7.12. The van der Waals surface area contributed by atoms with Crippen molar-refractivity contribution in [3.8, 4) is 17.6 Å². The molecule has 0 fully saturated rings. The number of halogens is 2. The lowest BCUT2D eigenvalue weighted by Crippen LogP contribution is -2.14. The molecule has 1 amide bonds. The standard InChI is InChI=1S/C26H22FIN2O3/c1-3-32-24-14-19(12-20(15-29)26(31)30-23-7-5-4-6-17(23)2)13-22(28)25(24)33-16-18-8-10-21(27)11-9-18/h4-14H,3,16H2,1-2H3,(H,30,31)/b20-12+. The summed E-state index contributed by atoms with van der Waals surface area (Å²) in [5.74, 6) is 0.242. The zero-order chi connectivity index (χ0) is 23.8. The molecule has 0 aliphatic heterocycles. The number of anilines is 1. The van der Waals surface area contributed by atoms with Crippen LogP contribution in [0.5, 0.6) is 11.5 Å². The number of ether oxygens (including phenoxy) is 2. The zero-order valence-electron chi connectivity index (χ0n) is 18.2. The van der Waals surface area contributed by atoms with Gasteiger partial charge in [-0.1, -0.05) is 30.3 Å². The average Bonchev–Trinajstić information content (AvgIpc) is 2.79. The van der Waals surface area contributed by atoms with Crippen LogP contribution in [-0.2, 0) is 11.4 Å². The maximum atomic E-state index is 13.1. The highest BCUT2D eigenvalue weighted by Crippen LogP contribution is 2.35. The SMILES string of the molecule is CCOc1cc(/C=C(\C#N)C(=O)Nc2ccccc2C)cc(I)c1OCc1ccc(F)cc1. The molecule has 3 aromatic rings. The van der Waals surface area contributed by atoms with E-state index in [4.69, 9.17) is 9.47 Å². The Morgan fingerprint density at radius 1 is 1.15 bits per heavy atom. The summed E-state index contributed by atoms with van der Waals surface area (Å²) < 4.78 is 25.6. The molecule has 0 radical (unpaired) electrons. The van der Waals surface area contributed by atoms with Crippen molar-refractivity contribution >= 4 is 40.3 Å². The first-order valence-electron chi connectivity index (χ1n) is 10.2. The highest BCUT2D eigenvalue weighted by atomic mass is 127. The zero-order valence-corrected chi connectivity index (χ0v) is 20.4. The number of nitrogens with zero attached hydrogens (tertiary/aromatic N) is 1. The molecule has 168 valence electrons. The Hall–Kier alpha value is -3.38. The van der Waals surface area contributed by atoms with E-state index in [-0.39, 0.29) is 18.0 Å². The fraction of sp³-hybridized carbons (Fsp3) is 0.154. The van der Waals surface area contributed by atoms with Crippen molar-refractivity contribution in [3.63, 3.8) is 0 Å². The second-order valence-corrected chi connectivity index (χ2v) is 8.28. The van der Waals surface area contributed by atoms with Crippen molar-refractivity contribution in [1.29, 1.82) is 5.26 Å². The number of carbonyl (C=O) groups excluding carboxylic acids is 1. The van der Waals surface area contributed by atoms with E-state index in [1.54, 1.807) is 24.3 Å².